The van der Waals surface area contributed by atoms with Crippen LogP contribution >= 0.6 is 0 Å². The second-order valence-corrected chi connectivity index (χ2v) is 6.91. The van der Waals surface area contributed by atoms with E-state index >= 15 is 0 Å². The number of benzene rings is 3. The highest BCUT2D eigenvalue weighted by molar-refractivity contribution is 5.87. The summed E-state index contributed by atoms with van der Waals surface area (Å²) >= 11 is 0. The molecule has 0 fully saturated rings. The first-order valence-corrected chi connectivity index (χ1v) is 8.97. The summed E-state index contributed by atoms with van der Waals surface area (Å²) in [7, 11) is 0. The van der Waals surface area contributed by atoms with E-state index < -0.39 is 0 Å². The van der Waals surface area contributed by atoms with Crippen LogP contribution in [-0.2, 0) is 0 Å². The zero-order chi connectivity index (χ0) is 17.1. The quantitative estimate of drug-likeness (QED) is 0.439. The van der Waals surface area contributed by atoms with E-state index in [4.69, 9.17) is 0 Å². The molecule has 2 aliphatic rings. The monoisotopic (exact) mass is 330 g/mol. The number of aromatic amines is 1. The lowest BCUT2D eigenvalue weighted by atomic mass is 9.97. The molecule has 1 heteroatoms. The van der Waals surface area contributed by atoms with Gasteiger partial charge in [0.15, 0.2) is 0 Å². The Hall–Kier alpha value is -3.45. The molecule has 2 aliphatic carbocycles. The van der Waals surface area contributed by atoms with Crippen LogP contribution in [0.3, 0.4) is 0 Å². The predicted octanol–water partition coefficient (Wildman–Crippen LogP) is 3.41. The van der Waals surface area contributed by atoms with Gasteiger partial charge in [-0.15, -0.1) is 0 Å². The topological polar surface area (TPSA) is 14.1 Å². The van der Waals surface area contributed by atoms with E-state index in [0.29, 0.717) is 0 Å². The minimum Gasteiger partial charge on any atom is -0.203 e. The highest BCUT2D eigenvalue weighted by Gasteiger charge is 2.26. The fourth-order valence-corrected chi connectivity index (χ4v) is 4.30. The van der Waals surface area contributed by atoms with Crippen molar-refractivity contribution in [3.63, 3.8) is 0 Å². The molecule has 0 bridgehead atoms. The number of hydrogen-bond acceptors (Lipinski definition) is 0. The minimum atomic E-state index is 1.23. The van der Waals surface area contributed by atoms with Gasteiger partial charge in [0.25, 0.3) is 0 Å². The van der Waals surface area contributed by atoms with Crippen molar-refractivity contribution in [2.75, 3.05) is 0 Å². The summed E-state index contributed by atoms with van der Waals surface area (Å²) in [4.78, 5) is 3.77. The Morgan fingerprint density at radius 3 is 2.35 bits per heavy atom. The lowest BCUT2D eigenvalue weighted by Gasteiger charge is -2.05. The molecular weight excluding hydrogens is 314 g/mol. The fraction of sp³-hybridized carbons (Fsp3) is 0. The summed E-state index contributed by atoms with van der Waals surface area (Å²) < 4.78 is 0. The van der Waals surface area contributed by atoms with E-state index in [-0.39, 0.29) is 0 Å². The SMILES string of the molecule is C1=c2c([nH+]c3c(c2-c2ccccc2)C=c2ccccc2=3)-c2ccccc21. The number of pyridine rings is 1. The molecular formula is C25H16N+. The molecule has 1 nitrogen and oxygen atoms in total. The van der Waals surface area contributed by atoms with E-state index in [1.54, 1.807) is 0 Å². The third kappa shape index (κ3) is 1.77. The van der Waals surface area contributed by atoms with Crippen LogP contribution in [0.5, 0.6) is 0 Å². The van der Waals surface area contributed by atoms with E-state index in [9.17, 15) is 0 Å². The molecule has 0 atom stereocenters. The van der Waals surface area contributed by atoms with Crippen LogP contribution in [0.1, 0.15) is 11.1 Å². The lowest BCUT2D eigenvalue weighted by molar-refractivity contribution is -0.378. The van der Waals surface area contributed by atoms with Gasteiger partial charge in [0.1, 0.15) is 0 Å². The third-order valence-electron chi connectivity index (χ3n) is 5.45. The molecule has 0 aliphatic heterocycles. The van der Waals surface area contributed by atoms with Crippen molar-refractivity contribution >= 4 is 12.2 Å². The van der Waals surface area contributed by atoms with Crippen LogP contribution in [0.2, 0.25) is 0 Å². The van der Waals surface area contributed by atoms with Crippen molar-refractivity contribution in [1.29, 1.82) is 0 Å². The van der Waals surface area contributed by atoms with Crippen molar-refractivity contribution in [3.8, 4) is 22.4 Å². The number of fused-ring (bicyclic) bond motifs is 5. The summed E-state index contributed by atoms with van der Waals surface area (Å²) in [5, 5.41) is 5.09. The van der Waals surface area contributed by atoms with Gasteiger partial charge in [0.05, 0.1) is 21.6 Å². The molecule has 3 aromatic carbocycles. The van der Waals surface area contributed by atoms with Gasteiger partial charge in [-0.05, 0) is 40.6 Å². The lowest BCUT2D eigenvalue weighted by Crippen LogP contribution is -2.23. The Balaban J connectivity index is 1.87. The average molecular weight is 330 g/mol. The van der Waals surface area contributed by atoms with E-state index in [1.165, 1.54) is 54.5 Å². The van der Waals surface area contributed by atoms with Crippen LogP contribution in [0, 0.1) is 10.6 Å². The summed E-state index contributed by atoms with van der Waals surface area (Å²) in [5.41, 5.74) is 7.67. The second kappa shape index (κ2) is 5.03. The van der Waals surface area contributed by atoms with Gasteiger partial charge >= 0.3 is 0 Å². The van der Waals surface area contributed by atoms with Gasteiger partial charge in [-0.25, -0.2) is 4.98 Å². The maximum Gasteiger partial charge on any atom is 0.219 e. The summed E-state index contributed by atoms with van der Waals surface area (Å²) in [6.07, 6.45) is 4.64. The van der Waals surface area contributed by atoms with Crippen LogP contribution in [-0.4, -0.2) is 0 Å². The Morgan fingerprint density at radius 1 is 0.654 bits per heavy atom. The first-order valence-electron chi connectivity index (χ1n) is 8.97. The summed E-state index contributed by atoms with van der Waals surface area (Å²) in [6.45, 7) is 0. The fourth-order valence-electron chi connectivity index (χ4n) is 4.30. The minimum absolute atomic E-state index is 1.23. The van der Waals surface area contributed by atoms with Crippen molar-refractivity contribution in [2.24, 2.45) is 0 Å². The van der Waals surface area contributed by atoms with Crippen molar-refractivity contribution in [3.05, 3.63) is 111 Å². The number of rotatable bonds is 1. The van der Waals surface area contributed by atoms with Gasteiger partial charge in [0, 0.05) is 5.56 Å². The predicted molar refractivity (Wildman–Crippen MR) is 104 cm³/mol. The molecule has 1 aromatic heterocycles. The van der Waals surface area contributed by atoms with E-state index in [1.807, 2.05) is 0 Å². The largest absolute Gasteiger partial charge is 0.219 e. The molecule has 0 amide bonds. The molecule has 6 rings (SSSR count). The van der Waals surface area contributed by atoms with Gasteiger partial charge < -0.3 is 0 Å². The van der Waals surface area contributed by atoms with Crippen LogP contribution in [0.4, 0.5) is 0 Å². The Bertz CT molecular complexity index is 1410. The van der Waals surface area contributed by atoms with Gasteiger partial charge in [0.2, 0.25) is 11.0 Å². The van der Waals surface area contributed by atoms with Crippen molar-refractivity contribution < 1.29 is 4.98 Å². The van der Waals surface area contributed by atoms with Crippen molar-refractivity contribution in [2.45, 2.75) is 0 Å². The van der Waals surface area contributed by atoms with E-state index in [2.05, 4.69) is 96.0 Å². The number of H-pyrrole nitrogens is 1. The molecule has 26 heavy (non-hydrogen) atoms. The smallest absolute Gasteiger partial charge is 0.203 e. The first-order chi connectivity index (χ1) is 12.9. The maximum atomic E-state index is 3.77. The maximum absolute atomic E-state index is 3.77. The normalized spacial score (nSPS) is 12.5. The molecule has 120 valence electrons. The molecule has 1 N–H and O–H groups in total. The molecule has 0 spiro atoms. The third-order valence-corrected chi connectivity index (χ3v) is 5.45. The first kappa shape index (κ1) is 13.8. The zero-order valence-electron chi connectivity index (χ0n) is 14.2. The average Bonchev–Trinajstić information content (AvgIpc) is 3.25. The van der Waals surface area contributed by atoms with Crippen LogP contribution in [0.15, 0.2) is 78.9 Å². The second-order valence-electron chi connectivity index (χ2n) is 6.91. The Morgan fingerprint density at radius 2 is 1.42 bits per heavy atom. The molecule has 0 radical (unpaired) electrons. The van der Waals surface area contributed by atoms with Gasteiger partial charge in [-0.3, -0.25) is 0 Å². The van der Waals surface area contributed by atoms with Crippen LogP contribution in [0.25, 0.3) is 34.5 Å². The highest BCUT2D eigenvalue weighted by Crippen LogP contribution is 2.29. The Kier molecular flexibility index (Phi) is 2.67. The number of aromatic nitrogens is 1. The Labute approximate surface area is 150 Å². The van der Waals surface area contributed by atoms with E-state index in [0.717, 1.165) is 0 Å². The van der Waals surface area contributed by atoms with Crippen LogP contribution < -0.4 is 15.4 Å². The summed E-state index contributed by atoms with van der Waals surface area (Å²) in [6, 6.07) is 28.0. The standard InChI is InChI=1S/C25H15N/c1-2-8-16(9-3-1)23-21-14-17-10-4-6-12-19(17)24(21)26-25-20-13-7-5-11-18(20)15-22(23)25/h1-15H/p+1. The van der Waals surface area contributed by atoms with Crippen molar-refractivity contribution in [1.82, 2.24) is 0 Å². The number of nitrogens with one attached hydrogen (secondary N) is 1. The molecule has 0 unspecified atom stereocenters. The zero-order valence-corrected chi connectivity index (χ0v) is 14.2. The highest BCUT2D eigenvalue weighted by atomic mass is 14.7. The molecule has 1 heterocycles. The van der Waals surface area contributed by atoms with Gasteiger partial charge in [-0.1, -0.05) is 66.7 Å². The molecule has 0 saturated carbocycles. The van der Waals surface area contributed by atoms with Gasteiger partial charge in [-0.2, -0.15) is 0 Å². The molecule has 0 saturated heterocycles. The summed E-state index contributed by atoms with van der Waals surface area (Å²) in [5.74, 6) is 0. The number of hydrogen-bond donors (Lipinski definition) is 0. The molecule has 4 aromatic rings.